The first kappa shape index (κ1) is 42.0. The number of hydrogen-bond donors (Lipinski definition) is 4. The van der Waals surface area contributed by atoms with E-state index < -0.39 is 43.8 Å². The van der Waals surface area contributed by atoms with Crippen LogP contribution in [0.5, 0.6) is 11.5 Å². The van der Waals surface area contributed by atoms with Crippen LogP contribution in [0.2, 0.25) is 14.4 Å². The van der Waals surface area contributed by atoms with E-state index in [0.29, 0.717) is 32.2 Å². The lowest BCUT2D eigenvalue weighted by Gasteiger charge is -2.11. The van der Waals surface area contributed by atoms with E-state index in [0.717, 1.165) is 34.0 Å². The lowest BCUT2D eigenvalue weighted by molar-refractivity contribution is -0.106. The molecule has 0 aliphatic carbocycles. The molecule has 3 heterocycles. The molecule has 23 heteroatoms. The zero-order valence-corrected chi connectivity index (χ0v) is 33.1. The fraction of sp³-hybridized carbons (Fsp3) is 0.133. The number of alkyl halides is 3. The molecule has 5 rings (SSSR count). The highest BCUT2D eigenvalue weighted by Gasteiger charge is 2.35. The molecule has 0 saturated heterocycles. The number of thiophene rings is 3. The van der Waals surface area contributed by atoms with Gasteiger partial charge in [-0.25, -0.2) is 16.8 Å². The summed E-state index contributed by atoms with van der Waals surface area (Å²) in [6, 6.07) is 14.9. The number of sulfonamides is 2. The summed E-state index contributed by atoms with van der Waals surface area (Å²) in [5.74, 6) is -2.35. The number of amides is 2. The highest BCUT2D eigenvalue weighted by molar-refractivity contribution is 7.94. The molecule has 0 bridgehead atoms. The number of halogens is 6. The minimum atomic E-state index is -4.90. The van der Waals surface area contributed by atoms with Gasteiger partial charge in [-0.2, -0.15) is 13.2 Å². The van der Waals surface area contributed by atoms with Gasteiger partial charge in [0.25, 0.3) is 21.8 Å². The Morgan fingerprint density at radius 3 is 1.58 bits per heavy atom. The van der Waals surface area contributed by atoms with Gasteiger partial charge >= 0.3 is 6.18 Å². The molecule has 284 valence electrons. The van der Waals surface area contributed by atoms with Gasteiger partial charge in [-0.3, -0.25) is 19.0 Å². The van der Waals surface area contributed by atoms with Gasteiger partial charge in [-0.15, -0.1) is 34.0 Å². The minimum absolute atomic E-state index is 0.0620. The molecule has 12 nitrogen and oxygen atoms in total. The Kier molecular flexibility index (Phi) is 13.9. The van der Waals surface area contributed by atoms with E-state index in [1.165, 1.54) is 62.1 Å². The van der Waals surface area contributed by atoms with Crippen LogP contribution in [0, 0.1) is 0 Å². The summed E-state index contributed by atoms with van der Waals surface area (Å²) in [4.78, 5) is 25.0. The van der Waals surface area contributed by atoms with Crippen LogP contribution in [-0.2, 0) is 20.0 Å². The quantitative estimate of drug-likeness (QED) is 0.0962. The largest absolute Gasteiger partial charge is 0.495 e. The molecule has 5 aromatic rings. The maximum Gasteiger partial charge on any atom is 0.404 e. The van der Waals surface area contributed by atoms with Gasteiger partial charge in [-0.05, 0) is 71.4 Å². The van der Waals surface area contributed by atoms with Gasteiger partial charge in [0.1, 0.15) is 25.5 Å². The van der Waals surface area contributed by atoms with E-state index >= 15 is 0 Å². The molecule has 3 aromatic heterocycles. The van der Waals surface area contributed by atoms with Crippen LogP contribution < -0.4 is 29.6 Å². The molecule has 4 N–H and O–H groups in total. The van der Waals surface area contributed by atoms with Crippen molar-refractivity contribution in [3.8, 4) is 11.5 Å². The second-order valence-corrected chi connectivity index (χ2v) is 18.1. The molecular weight excluding hydrogens is 868 g/mol. The van der Waals surface area contributed by atoms with E-state index in [1.54, 1.807) is 28.3 Å². The lowest BCUT2D eigenvalue weighted by Crippen LogP contribution is -2.28. The summed E-state index contributed by atoms with van der Waals surface area (Å²) in [5, 5.41) is 8.75. The first-order valence-corrected chi connectivity index (χ1v) is 21.0. The zero-order chi connectivity index (χ0) is 39.1. The van der Waals surface area contributed by atoms with Crippen LogP contribution in [0.15, 0.2) is 75.6 Å². The van der Waals surface area contributed by atoms with E-state index in [-0.39, 0.29) is 30.4 Å². The molecule has 0 atom stereocenters. The fourth-order valence-electron chi connectivity index (χ4n) is 4.05. The van der Waals surface area contributed by atoms with Crippen molar-refractivity contribution in [2.24, 2.45) is 0 Å². The number of ether oxygens (including phenoxy) is 2. The van der Waals surface area contributed by atoms with Gasteiger partial charge in [-0.1, -0.05) is 34.8 Å². The summed E-state index contributed by atoms with van der Waals surface area (Å²) in [5.41, 5.74) is 0.703. The Morgan fingerprint density at radius 1 is 0.717 bits per heavy atom. The average molecular weight is 892 g/mol. The highest BCUT2D eigenvalue weighted by atomic mass is 35.5. The van der Waals surface area contributed by atoms with Crippen LogP contribution in [0.3, 0.4) is 0 Å². The number of carbonyl (C=O) groups excluding carboxylic acids is 2. The van der Waals surface area contributed by atoms with E-state index in [4.69, 9.17) is 44.3 Å². The topological polar surface area (TPSA) is 169 Å². The van der Waals surface area contributed by atoms with Crippen molar-refractivity contribution in [3.63, 3.8) is 0 Å². The fourth-order valence-corrected chi connectivity index (χ4v) is 9.75. The number of hydrogen-bond acceptors (Lipinski definition) is 11. The van der Waals surface area contributed by atoms with Gasteiger partial charge in [0.05, 0.1) is 40.0 Å². The molecule has 0 fully saturated rings. The maximum atomic E-state index is 12.6. The minimum Gasteiger partial charge on any atom is -0.495 e. The smallest absolute Gasteiger partial charge is 0.404 e. The molecule has 2 amide bonds. The monoisotopic (exact) mass is 890 g/mol. The Balaban J connectivity index is 0.000000237. The SMILES string of the molecule is COc1ccc(NC(=O)c2sccc2NS(=O)(=O)CC(F)(F)F)cc1Cl.COc1ccc(NC(=O)c2sccc2NS(=O)(=O)c2ccc(Cl)s2)cc1Cl. The summed E-state index contributed by atoms with van der Waals surface area (Å²) in [7, 11) is -5.62. The molecule has 0 radical (unpaired) electrons. The van der Waals surface area contributed by atoms with Crippen molar-refractivity contribution in [2.45, 2.75) is 10.4 Å². The second kappa shape index (κ2) is 17.6. The van der Waals surface area contributed by atoms with Gasteiger partial charge in [0, 0.05) is 11.4 Å². The molecule has 0 unspecified atom stereocenters. The van der Waals surface area contributed by atoms with Crippen molar-refractivity contribution < 1.29 is 49.1 Å². The number of carbonyl (C=O) groups is 2. The maximum absolute atomic E-state index is 12.6. The van der Waals surface area contributed by atoms with Gasteiger partial charge < -0.3 is 20.1 Å². The first-order valence-electron chi connectivity index (χ1n) is 14.1. The number of methoxy groups -OCH3 is 2. The van der Waals surface area contributed by atoms with E-state index in [1.807, 2.05) is 0 Å². The third-order valence-electron chi connectivity index (χ3n) is 6.24. The molecule has 53 heavy (non-hydrogen) atoms. The molecular formula is C30H24Cl3F3N4O8S5. The number of rotatable bonds is 12. The normalized spacial score (nSPS) is 11.5. The summed E-state index contributed by atoms with van der Waals surface area (Å²) >= 11 is 20.7. The lowest BCUT2D eigenvalue weighted by atomic mass is 10.3. The Bertz CT molecular complexity index is 2330. The van der Waals surface area contributed by atoms with Crippen LogP contribution in [-0.4, -0.2) is 54.8 Å². The van der Waals surface area contributed by atoms with Crippen LogP contribution in [0.4, 0.5) is 35.9 Å². The highest BCUT2D eigenvalue weighted by Crippen LogP contribution is 2.33. The number of benzene rings is 2. The van der Waals surface area contributed by atoms with Crippen molar-refractivity contribution in [2.75, 3.05) is 40.1 Å². The van der Waals surface area contributed by atoms with Crippen LogP contribution in [0.25, 0.3) is 0 Å². The number of anilines is 4. The molecule has 2 aromatic carbocycles. The number of nitrogens with one attached hydrogen (secondary N) is 4. The van der Waals surface area contributed by atoms with E-state index in [2.05, 4.69) is 15.4 Å². The van der Waals surface area contributed by atoms with Crippen molar-refractivity contribution in [1.82, 2.24) is 0 Å². The second-order valence-electron chi connectivity index (χ2n) is 10.1. The zero-order valence-electron chi connectivity index (χ0n) is 26.7. The predicted molar refractivity (Wildman–Crippen MR) is 204 cm³/mol. The Morgan fingerprint density at radius 2 is 1.19 bits per heavy atom. The predicted octanol–water partition coefficient (Wildman–Crippen LogP) is 9.14. The summed E-state index contributed by atoms with van der Waals surface area (Å²) in [6.45, 7) is 0. The summed E-state index contributed by atoms with van der Waals surface area (Å²) in [6.07, 6.45) is -4.90. The summed E-state index contributed by atoms with van der Waals surface area (Å²) < 4.78 is 99.6. The van der Waals surface area contributed by atoms with Crippen molar-refractivity contribution in [3.05, 3.63) is 95.6 Å². The Hall–Kier alpha value is -3.76. The van der Waals surface area contributed by atoms with Crippen molar-refractivity contribution in [1.29, 1.82) is 0 Å². The third kappa shape index (κ3) is 11.9. The van der Waals surface area contributed by atoms with E-state index in [9.17, 15) is 39.6 Å². The Labute approximate surface area is 327 Å². The van der Waals surface area contributed by atoms with Crippen LogP contribution in [0.1, 0.15) is 19.3 Å². The standard InChI is InChI=1S/C16H12Cl2N2O4S3.C14H12ClF3N2O4S2/c1-24-12-3-2-9(8-10(12)17)19-16(21)15-11(6-7-25-15)20-27(22,23)14-5-4-13(18)26-14;1-24-11-3-2-8(6-9(11)15)19-13(21)12-10(4-5-25-12)20-26(22,23)7-14(16,17)18/h2-8,20H,1H3,(H,19,21);2-6,20H,7H2,1H3,(H,19,21). The van der Waals surface area contributed by atoms with Crippen molar-refractivity contribution >= 4 is 123 Å². The van der Waals surface area contributed by atoms with Gasteiger partial charge in [0.15, 0.2) is 5.75 Å². The van der Waals surface area contributed by atoms with Gasteiger partial charge in [0.2, 0.25) is 10.0 Å². The molecule has 0 spiro atoms. The third-order valence-corrected chi connectivity index (χ3v) is 13.0. The molecule has 0 saturated carbocycles. The van der Waals surface area contributed by atoms with Crippen LogP contribution >= 0.6 is 68.8 Å². The first-order chi connectivity index (χ1) is 24.8. The average Bonchev–Trinajstić information content (AvgIpc) is 3.82. The molecule has 0 aliphatic heterocycles. The molecule has 0 aliphatic rings.